The first-order chi connectivity index (χ1) is 16.3. The van der Waals surface area contributed by atoms with E-state index in [2.05, 4.69) is 5.32 Å². The maximum atomic E-state index is 12.7. The molecule has 0 spiro atoms. The summed E-state index contributed by atoms with van der Waals surface area (Å²) in [5, 5.41) is 3.02. The van der Waals surface area contributed by atoms with E-state index in [0.29, 0.717) is 18.7 Å². The molecule has 10 heteroatoms. The highest BCUT2D eigenvalue weighted by molar-refractivity contribution is 7.18. The molecule has 0 saturated carbocycles. The topological polar surface area (TPSA) is 103 Å². The summed E-state index contributed by atoms with van der Waals surface area (Å²) in [7, 11) is 3.32. The number of esters is 2. The van der Waals surface area contributed by atoms with Gasteiger partial charge >= 0.3 is 11.9 Å². The molecule has 0 saturated heterocycles. The Morgan fingerprint density at radius 2 is 1.71 bits per heavy atom. The van der Waals surface area contributed by atoms with Crippen molar-refractivity contribution in [2.75, 3.05) is 52.4 Å². The molecule has 0 bridgehead atoms. The predicted molar refractivity (Wildman–Crippen MR) is 130 cm³/mol. The summed E-state index contributed by atoms with van der Waals surface area (Å²) in [6.45, 7) is 6.98. The van der Waals surface area contributed by atoms with Crippen molar-refractivity contribution in [3.63, 3.8) is 0 Å². The Morgan fingerprint density at radius 3 is 2.32 bits per heavy atom. The van der Waals surface area contributed by atoms with Crippen LogP contribution in [0.1, 0.15) is 45.0 Å². The van der Waals surface area contributed by atoms with Crippen LogP contribution in [0.25, 0.3) is 0 Å². The van der Waals surface area contributed by atoms with Crippen molar-refractivity contribution in [1.29, 1.82) is 0 Å². The Morgan fingerprint density at radius 1 is 1.00 bits per heavy atom. The molecule has 186 valence electrons. The normalized spacial score (nSPS) is 10.8. The van der Waals surface area contributed by atoms with Gasteiger partial charge in [0.15, 0.2) is 0 Å². The van der Waals surface area contributed by atoms with E-state index in [1.54, 1.807) is 13.8 Å². The molecule has 2 aromatic rings. The third kappa shape index (κ3) is 7.82. The van der Waals surface area contributed by atoms with Crippen molar-refractivity contribution in [3.05, 3.63) is 45.8 Å². The molecule has 0 aliphatic heterocycles. The van der Waals surface area contributed by atoms with Crippen molar-refractivity contribution in [1.82, 2.24) is 4.90 Å². The number of methoxy groups -OCH3 is 1. The number of amides is 1. The van der Waals surface area contributed by atoms with Gasteiger partial charge in [-0.25, -0.2) is 9.59 Å². The van der Waals surface area contributed by atoms with Gasteiger partial charge in [-0.2, -0.15) is 0 Å². The maximum Gasteiger partial charge on any atom is 0.348 e. The highest BCUT2D eigenvalue weighted by Gasteiger charge is 2.27. The number of nitrogens with one attached hydrogen (secondary N) is 1. The van der Waals surface area contributed by atoms with Gasteiger partial charge in [0.2, 0.25) is 5.91 Å². The van der Waals surface area contributed by atoms with Gasteiger partial charge in [0.25, 0.3) is 0 Å². The average Bonchev–Trinajstić information content (AvgIpc) is 3.11. The number of thiophene rings is 1. The summed E-state index contributed by atoms with van der Waals surface area (Å²) in [6, 6.07) is 7.67. The molecule has 1 aromatic carbocycles. The fraction of sp³-hybridized carbons (Fsp3) is 0.458. The van der Waals surface area contributed by atoms with E-state index in [4.69, 9.17) is 18.9 Å². The van der Waals surface area contributed by atoms with Crippen molar-refractivity contribution in [2.45, 2.75) is 27.3 Å². The largest absolute Gasteiger partial charge is 0.494 e. The molecule has 2 rings (SSSR count). The number of rotatable bonds is 13. The van der Waals surface area contributed by atoms with Gasteiger partial charge in [0.1, 0.15) is 22.2 Å². The quantitative estimate of drug-likeness (QED) is 0.335. The highest BCUT2D eigenvalue weighted by Crippen LogP contribution is 2.34. The lowest BCUT2D eigenvalue weighted by molar-refractivity contribution is -0.117. The summed E-state index contributed by atoms with van der Waals surface area (Å²) < 4.78 is 20.7. The molecule has 1 N–H and O–H groups in total. The van der Waals surface area contributed by atoms with Crippen LogP contribution in [0.3, 0.4) is 0 Å². The summed E-state index contributed by atoms with van der Waals surface area (Å²) >= 11 is 0.992. The molecular weight excluding hydrogens is 460 g/mol. The number of ether oxygens (including phenoxy) is 4. The zero-order valence-corrected chi connectivity index (χ0v) is 21.1. The summed E-state index contributed by atoms with van der Waals surface area (Å²) in [5.41, 5.74) is 1.59. The van der Waals surface area contributed by atoms with Gasteiger partial charge < -0.3 is 24.3 Å². The predicted octanol–water partition coefficient (Wildman–Crippen LogP) is 3.51. The Balaban J connectivity index is 2.10. The second kappa shape index (κ2) is 13.7. The third-order valence-corrected chi connectivity index (χ3v) is 5.87. The Bertz CT molecular complexity index is 972. The monoisotopic (exact) mass is 492 g/mol. The number of carbonyl (C=O) groups excluding carboxylic acids is 3. The second-order valence-corrected chi connectivity index (χ2v) is 8.43. The minimum atomic E-state index is -0.606. The number of anilines is 1. The molecular formula is C24H32N2O7S. The van der Waals surface area contributed by atoms with E-state index in [-0.39, 0.29) is 47.7 Å². The zero-order chi connectivity index (χ0) is 25.1. The first-order valence-electron chi connectivity index (χ1n) is 11.0. The summed E-state index contributed by atoms with van der Waals surface area (Å²) in [6.07, 6.45) is 0. The maximum absolute atomic E-state index is 12.7. The van der Waals surface area contributed by atoms with Crippen molar-refractivity contribution >= 4 is 34.2 Å². The van der Waals surface area contributed by atoms with E-state index in [1.807, 2.05) is 43.1 Å². The van der Waals surface area contributed by atoms with Crippen LogP contribution >= 0.6 is 11.3 Å². The van der Waals surface area contributed by atoms with Crippen LogP contribution in [0.4, 0.5) is 5.00 Å². The van der Waals surface area contributed by atoms with E-state index < -0.39 is 11.9 Å². The van der Waals surface area contributed by atoms with Gasteiger partial charge in [-0.15, -0.1) is 11.3 Å². The molecule has 1 amide bonds. The molecule has 34 heavy (non-hydrogen) atoms. The zero-order valence-electron chi connectivity index (χ0n) is 20.3. The fourth-order valence-corrected chi connectivity index (χ4v) is 4.27. The van der Waals surface area contributed by atoms with Crippen LogP contribution in [-0.2, 0) is 25.5 Å². The standard InChI is InChI=1S/C24H32N2O7S/c1-6-31-18-10-8-17(9-11-18)14-26(4)15-19(27)25-22-20(23(28)32-7-2)16(3)21(34-22)24(29)33-13-12-30-5/h8-11H,6-7,12-15H2,1-5H3,(H,25,27). The number of likely N-dealkylation sites (N-methyl/N-ethyl adjacent to an activating group) is 1. The smallest absolute Gasteiger partial charge is 0.348 e. The van der Waals surface area contributed by atoms with Crippen LogP contribution in [-0.4, -0.2) is 69.9 Å². The lowest BCUT2D eigenvalue weighted by Crippen LogP contribution is -2.30. The Labute approximate surface area is 203 Å². The van der Waals surface area contributed by atoms with Gasteiger partial charge in [0, 0.05) is 13.7 Å². The molecule has 0 radical (unpaired) electrons. The highest BCUT2D eigenvalue weighted by atomic mass is 32.1. The molecule has 0 aliphatic rings. The van der Waals surface area contributed by atoms with E-state index in [0.717, 1.165) is 22.6 Å². The van der Waals surface area contributed by atoms with Gasteiger partial charge in [0.05, 0.1) is 31.9 Å². The molecule has 0 unspecified atom stereocenters. The molecule has 0 fully saturated rings. The first-order valence-corrected chi connectivity index (χ1v) is 11.8. The molecule has 0 atom stereocenters. The SMILES string of the molecule is CCOC(=O)c1c(NC(=O)CN(C)Cc2ccc(OCC)cc2)sc(C(=O)OCCOC)c1C. The fourth-order valence-electron chi connectivity index (χ4n) is 3.17. The van der Waals surface area contributed by atoms with Crippen molar-refractivity contribution in [2.24, 2.45) is 0 Å². The lowest BCUT2D eigenvalue weighted by atomic mass is 10.1. The average molecular weight is 493 g/mol. The minimum Gasteiger partial charge on any atom is -0.494 e. The molecule has 1 heterocycles. The minimum absolute atomic E-state index is 0.0828. The second-order valence-electron chi connectivity index (χ2n) is 7.41. The first kappa shape index (κ1) is 27.3. The van der Waals surface area contributed by atoms with Crippen LogP contribution < -0.4 is 10.1 Å². The van der Waals surface area contributed by atoms with Gasteiger partial charge in [-0.05, 0) is 51.1 Å². The lowest BCUT2D eigenvalue weighted by Gasteiger charge is -2.16. The molecule has 1 aromatic heterocycles. The van der Waals surface area contributed by atoms with Crippen molar-refractivity contribution in [3.8, 4) is 5.75 Å². The Kier molecular flexibility index (Phi) is 11.0. The number of carbonyl (C=O) groups is 3. The number of hydrogen-bond acceptors (Lipinski definition) is 9. The third-order valence-electron chi connectivity index (χ3n) is 4.69. The van der Waals surface area contributed by atoms with Gasteiger partial charge in [-0.1, -0.05) is 12.1 Å². The van der Waals surface area contributed by atoms with E-state index in [9.17, 15) is 14.4 Å². The van der Waals surface area contributed by atoms with Crippen LogP contribution in [0.5, 0.6) is 5.75 Å². The number of nitrogens with zero attached hydrogens (tertiary/aromatic N) is 1. The van der Waals surface area contributed by atoms with Crippen LogP contribution in [0, 0.1) is 6.92 Å². The van der Waals surface area contributed by atoms with Crippen LogP contribution in [0.2, 0.25) is 0 Å². The van der Waals surface area contributed by atoms with E-state index in [1.165, 1.54) is 7.11 Å². The summed E-state index contributed by atoms with van der Waals surface area (Å²) in [5.74, 6) is -0.717. The van der Waals surface area contributed by atoms with E-state index >= 15 is 0 Å². The molecule has 0 aliphatic carbocycles. The number of benzene rings is 1. The van der Waals surface area contributed by atoms with Crippen molar-refractivity contribution < 1.29 is 33.3 Å². The Hall–Kier alpha value is -2.95. The van der Waals surface area contributed by atoms with Gasteiger partial charge in [-0.3, -0.25) is 9.69 Å². The molecule has 9 nitrogen and oxygen atoms in total. The number of hydrogen-bond donors (Lipinski definition) is 1. The van der Waals surface area contributed by atoms with Crippen LogP contribution in [0.15, 0.2) is 24.3 Å². The summed E-state index contributed by atoms with van der Waals surface area (Å²) in [4.78, 5) is 39.8.